The number of nitrogens with one attached hydrogen (secondary N) is 1. The first kappa shape index (κ1) is 9.81. The highest BCUT2D eigenvalue weighted by atomic mass is 35.5. The van der Waals surface area contributed by atoms with Gasteiger partial charge < -0.3 is 10.4 Å². The molecule has 14 heavy (non-hydrogen) atoms. The van der Waals surface area contributed by atoms with Crippen LogP contribution in [-0.4, -0.2) is 16.7 Å². The third-order valence-electron chi connectivity index (χ3n) is 2.67. The van der Waals surface area contributed by atoms with E-state index >= 15 is 0 Å². The van der Waals surface area contributed by atoms with E-state index in [0.717, 1.165) is 17.1 Å². The van der Waals surface area contributed by atoms with Crippen LogP contribution in [0.25, 0.3) is 0 Å². The van der Waals surface area contributed by atoms with Gasteiger partial charge in [-0.1, -0.05) is 11.6 Å². The van der Waals surface area contributed by atoms with Crippen molar-refractivity contribution in [1.82, 2.24) is 0 Å². The Hall–Kier alpha value is -0.730. The fourth-order valence-electron chi connectivity index (χ4n) is 1.76. The lowest BCUT2D eigenvalue weighted by Gasteiger charge is -2.25. The molecule has 0 bridgehead atoms. The molecule has 0 fully saturated rings. The largest absolute Gasteiger partial charge is 0.388 e. The van der Waals surface area contributed by atoms with Gasteiger partial charge in [-0.05, 0) is 44.0 Å². The lowest BCUT2D eigenvalue weighted by molar-refractivity contribution is 0.0614. The number of halogens is 1. The molecule has 1 unspecified atom stereocenters. The number of benzene rings is 1. The Bertz CT molecular complexity index is 357. The molecule has 1 aliphatic heterocycles. The van der Waals surface area contributed by atoms with E-state index in [-0.39, 0.29) is 6.04 Å². The monoisotopic (exact) mass is 211 g/mol. The number of aliphatic hydroxyl groups is 1. The maximum atomic E-state index is 9.86. The summed E-state index contributed by atoms with van der Waals surface area (Å²) >= 11 is 5.90. The second kappa shape index (κ2) is 3.14. The molecule has 2 N–H and O–H groups in total. The third-order valence-corrected chi connectivity index (χ3v) is 2.91. The SMILES string of the molecule is CC(C)(O)C1Cc2cc(Cl)ccc2N1. The molecule has 3 heteroatoms. The molecule has 1 aliphatic rings. The van der Waals surface area contributed by atoms with E-state index in [0.29, 0.717) is 0 Å². The molecule has 0 radical (unpaired) electrons. The van der Waals surface area contributed by atoms with Crippen LogP contribution in [0.5, 0.6) is 0 Å². The van der Waals surface area contributed by atoms with Gasteiger partial charge in [0.25, 0.3) is 0 Å². The van der Waals surface area contributed by atoms with E-state index in [1.165, 1.54) is 5.56 Å². The van der Waals surface area contributed by atoms with Gasteiger partial charge in [-0.2, -0.15) is 0 Å². The zero-order chi connectivity index (χ0) is 10.3. The summed E-state index contributed by atoms with van der Waals surface area (Å²) in [4.78, 5) is 0. The molecule has 0 aromatic heterocycles. The Balaban J connectivity index is 2.26. The van der Waals surface area contributed by atoms with Gasteiger partial charge in [0.05, 0.1) is 11.6 Å². The Morgan fingerprint density at radius 2 is 2.21 bits per heavy atom. The normalized spacial score (nSPS) is 20.4. The molecule has 2 rings (SSSR count). The van der Waals surface area contributed by atoms with Crippen molar-refractivity contribution in [1.29, 1.82) is 0 Å². The third kappa shape index (κ3) is 1.72. The first-order valence-corrected chi connectivity index (χ1v) is 5.12. The van der Waals surface area contributed by atoms with Crippen LogP contribution in [0, 0.1) is 0 Å². The molecule has 2 nitrogen and oxygen atoms in total. The van der Waals surface area contributed by atoms with Gasteiger partial charge in [0, 0.05) is 10.7 Å². The minimum atomic E-state index is -0.703. The number of rotatable bonds is 1. The summed E-state index contributed by atoms with van der Waals surface area (Å²) in [6, 6.07) is 5.86. The van der Waals surface area contributed by atoms with Crippen LogP contribution in [0.3, 0.4) is 0 Å². The summed E-state index contributed by atoms with van der Waals surface area (Å²) in [5, 5.41) is 13.9. The molecule has 0 spiro atoms. The molecule has 1 atom stereocenters. The van der Waals surface area contributed by atoms with E-state index in [1.54, 1.807) is 0 Å². The summed E-state index contributed by atoms with van der Waals surface area (Å²) in [6.45, 7) is 3.64. The summed E-state index contributed by atoms with van der Waals surface area (Å²) in [5.41, 5.74) is 1.57. The molecule has 0 amide bonds. The minimum absolute atomic E-state index is 0.0796. The summed E-state index contributed by atoms with van der Waals surface area (Å²) in [5.74, 6) is 0. The van der Waals surface area contributed by atoms with Crippen LogP contribution in [-0.2, 0) is 6.42 Å². The first-order valence-electron chi connectivity index (χ1n) is 4.74. The quantitative estimate of drug-likeness (QED) is 0.748. The van der Waals surface area contributed by atoms with Gasteiger partial charge >= 0.3 is 0 Å². The Morgan fingerprint density at radius 3 is 2.86 bits per heavy atom. The van der Waals surface area contributed by atoms with Crippen molar-refractivity contribution >= 4 is 17.3 Å². The smallest absolute Gasteiger partial charge is 0.0795 e. The van der Waals surface area contributed by atoms with Crippen LogP contribution >= 0.6 is 11.6 Å². The van der Waals surface area contributed by atoms with Crippen molar-refractivity contribution < 1.29 is 5.11 Å². The zero-order valence-electron chi connectivity index (χ0n) is 8.34. The highest BCUT2D eigenvalue weighted by Crippen LogP contribution is 2.32. The number of hydrogen-bond acceptors (Lipinski definition) is 2. The fraction of sp³-hybridized carbons (Fsp3) is 0.455. The highest BCUT2D eigenvalue weighted by molar-refractivity contribution is 6.30. The number of anilines is 1. The standard InChI is InChI=1S/C11H14ClNO/c1-11(2,14)10-6-7-5-8(12)3-4-9(7)13-10/h3-5,10,13-14H,6H2,1-2H3. The fourth-order valence-corrected chi connectivity index (χ4v) is 1.95. The first-order chi connectivity index (χ1) is 6.47. The maximum Gasteiger partial charge on any atom is 0.0795 e. The number of hydrogen-bond donors (Lipinski definition) is 2. The topological polar surface area (TPSA) is 32.3 Å². The average molecular weight is 212 g/mol. The molecule has 1 aromatic carbocycles. The maximum absolute atomic E-state index is 9.86. The van der Waals surface area contributed by atoms with Gasteiger partial charge in [0.2, 0.25) is 0 Å². The van der Waals surface area contributed by atoms with E-state index in [4.69, 9.17) is 11.6 Å². The van der Waals surface area contributed by atoms with Crippen LogP contribution in [0.2, 0.25) is 5.02 Å². The van der Waals surface area contributed by atoms with Crippen molar-refractivity contribution in [3.05, 3.63) is 28.8 Å². The molecule has 1 aromatic rings. The Kier molecular flexibility index (Phi) is 2.20. The lowest BCUT2D eigenvalue weighted by atomic mass is 9.96. The van der Waals surface area contributed by atoms with E-state index < -0.39 is 5.60 Å². The predicted molar refractivity (Wildman–Crippen MR) is 58.9 cm³/mol. The zero-order valence-corrected chi connectivity index (χ0v) is 9.10. The molecular weight excluding hydrogens is 198 g/mol. The van der Waals surface area contributed by atoms with Gasteiger partial charge in [-0.3, -0.25) is 0 Å². The molecular formula is C11H14ClNO. The van der Waals surface area contributed by atoms with Gasteiger partial charge in [0.1, 0.15) is 0 Å². The highest BCUT2D eigenvalue weighted by Gasteiger charge is 2.32. The summed E-state index contributed by atoms with van der Waals surface area (Å²) in [7, 11) is 0. The van der Waals surface area contributed by atoms with E-state index in [9.17, 15) is 5.11 Å². The minimum Gasteiger partial charge on any atom is -0.388 e. The second-order valence-corrected chi connectivity index (χ2v) is 4.79. The molecule has 76 valence electrons. The second-order valence-electron chi connectivity index (χ2n) is 4.36. The van der Waals surface area contributed by atoms with Gasteiger partial charge in [-0.25, -0.2) is 0 Å². The molecule has 1 heterocycles. The van der Waals surface area contributed by atoms with Crippen LogP contribution in [0.4, 0.5) is 5.69 Å². The summed E-state index contributed by atoms with van der Waals surface area (Å²) in [6.07, 6.45) is 0.833. The number of fused-ring (bicyclic) bond motifs is 1. The van der Waals surface area contributed by atoms with Crippen molar-refractivity contribution in [2.45, 2.75) is 31.9 Å². The van der Waals surface area contributed by atoms with Crippen molar-refractivity contribution in [3.63, 3.8) is 0 Å². The molecule has 0 aliphatic carbocycles. The van der Waals surface area contributed by atoms with Crippen molar-refractivity contribution in [3.8, 4) is 0 Å². The van der Waals surface area contributed by atoms with Crippen LogP contribution < -0.4 is 5.32 Å². The van der Waals surface area contributed by atoms with Crippen LogP contribution in [0.1, 0.15) is 19.4 Å². The predicted octanol–water partition coefficient (Wildman–Crippen LogP) is 2.45. The average Bonchev–Trinajstić information content (AvgIpc) is 2.45. The Morgan fingerprint density at radius 1 is 1.50 bits per heavy atom. The van der Waals surface area contributed by atoms with Crippen molar-refractivity contribution in [2.24, 2.45) is 0 Å². The molecule has 0 saturated carbocycles. The van der Waals surface area contributed by atoms with Gasteiger partial charge in [-0.15, -0.1) is 0 Å². The lowest BCUT2D eigenvalue weighted by Crippen LogP contribution is -2.40. The van der Waals surface area contributed by atoms with Crippen molar-refractivity contribution in [2.75, 3.05) is 5.32 Å². The Labute approximate surface area is 88.9 Å². The van der Waals surface area contributed by atoms with Crippen LogP contribution in [0.15, 0.2) is 18.2 Å². The van der Waals surface area contributed by atoms with E-state index in [1.807, 2.05) is 32.0 Å². The molecule has 0 saturated heterocycles. The van der Waals surface area contributed by atoms with E-state index in [2.05, 4.69) is 5.32 Å². The van der Waals surface area contributed by atoms with Gasteiger partial charge in [0.15, 0.2) is 0 Å². The summed E-state index contributed by atoms with van der Waals surface area (Å²) < 4.78 is 0.